The first-order valence-electron chi connectivity index (χ1n) is 2.58. The van der Waals surface area contributed by atoms with Crippen LogP contribution in [-0.2, 0) is 0 Å². The number of hydrogen-bond acceptors (Lipinski definition) is 0. The van der Waals surface area contributed by atoms with E-state index in [1.807, 2.05) is 6.82 Å². The zero-order chi connectivity index (χ0) is 6.08. The van der Waals surface area contributed by atoms with Crippen LogP contribution in [0.25, 0.3) is 0 Å². The van der Waals surface area contributed by atoms with Crippen molar-refractivity contribution in [3.63, 3.8) is 0 Å². The molecule has 0 heterocycles. The fourth-order valence-electron chi connectivity index (χ4n) is 0. The summed E-state index contributed by atoms with van der Waals surface area (Å²) in [7, 11) is 2.13. The molecule has 0 fully saturated rings. The van der Waals surface area contributed by atoms with E-state index in [4.69, 9.17) is 11.5 Å². The molecule has 0 aliphatic carbocycles. The lowest BCUT2D eigenvalue weighted by Gasteiger charge is -2.16. The van der Waals surface area contributed by atoms with Crippen molar-refractivity contribution in [1.29, 1.82) is 0 Å². The molecule has 0 saturated carbocycles. The van der Waals surface area contributed by atoms with Gasteiger partial charge in [-0.15, -0.1) is 0 Å². The summed E-state index contributed by atoms with van der Waals surface area (Å²) in [6.07, 6.45) is 0.271. The molecule has 0 amide bonds. The molecule has 0 atom stereocenters. The van der Waals surface area contributed by atoms with Crippen LogP contribution in [0.3, 0.4) is 0 Å². The highest BCUT2D eigenvalue weighted by atomic mass is 35.5. The van der Waals surface area contributed by atoms with Gasteiger partial charge in [-0.25, -0.2) is 0 Å². The molecule has 3 heteroatoms. The normalized spacial score (nSPS) is 11.4. The Balaban J connectivity index is 3.54. The topological polar surface area (TPSA) is 0 Å². The minimum absolute atomic E-state index is 0.265. The molecule has 0 saturated heterocycles. The number of halogens is 1. The zero-order valence-electron chi connectivity index (χ0n) is 5.46. The molecule has 0 radical (unpaired) electrons. The van der Waals surface area contributed by atoms with E-state index in [0.717, 1.165) is 0 Å². The molecule has 0 rings (SSSR count). The van der Waals surface area contributed by atoms with Crippen LogP contribution in [0.15, 0.2) is 0 Å². The van der Waals surface area contributed by atoms with Gasteiger partial charge in [0.05, 0.1) is 0 Å². The lowest BCUT2D eigenvalue weighted by molar-refractivity contribution is 0.950. The quantitative estimate of drug-likeness (QED) is 0.452. The van der Waals surface area contributed by atoms with Crippen molar-refractivity contribution >= 4 is 25.4 Å². The van der Waals surface area contributed by atoms with Gasteiger partial charge in [-0.05, 0) is 0 Å². The van der Waals surface area contributed by atoms with Gasteiger partial charge >= 0.3 is 0 Å². The monoisotopic (exact) mass is 116 g/mol. The summed E-state index contributed by atoms with van der Waals surface area (Å²) in [6.45, 7) is 6.27. The maximum absolute atomic E-state index is 5.75. The highest BCUT2D eigenvalue weighted by Gasteiger charge is 2.20. The van der Waals surface area contributed by atoms with Crippen LogP contribution in [0.2, 0.25) is 12.0 Å². The SMILES string of the molecule is BC(C)(C)B(C)Cl. The van der Waals surface area contributed by atoms with E-state index in [2.05, 4.69) is 21.7 Å². The first-order chi connectivity index (χ1) is 2.94. The second kappa shape index (κ2) is 2.13. The van der Waals surface area contributed by atoms with Crippen molar-refractivity contribution < 1.29 is 0 Å². The second-order valence-corrected chi connectivity index (χ2v) is 3.64. The summed E-state index contributed by atoms with van der Waals surface area (Å²) in [5, 5.41) is 0.265. The average Bonchev–Trinajstić information content (AvgIpc) is 1.31. The lowest BCUT2D eigenvalue weighted by atomic mass is 9.44. The third-order valence-corrected chi connectivity index (χ3v) is 1.85. The standard InChI is InChI=1S/C4H11B2Cl/c1-4(2,5)6(3)7/h5H2,1-3H3. The molecule has 7 heavy (non-hydrogen) atoms. The molecule has 0 aromatic carbocycles. The van der Waals surface area contributed by atoms with Crippen molar-refractivity contribution in [3.05, 3.63) is 0 Å². The van der Waals surface area contributed by atoms with E-state index in [1.54, 1.807) is 0 Å². The molecule has 0 bridgehead atoms. The molecule has 0 unspecified atom stereocenters. The third kappa shape index (κ3) is 3.04. The summed E-state index contributed by atoms with van der Waals surface area (Å²) >= 11 is 5.75. The maximum atomic E-state index is 5.75. The third-order valence-electron chi connectivity index (χ3n) is 1.19. The minimum atomic E-state index is 0.265. The van der Waals surface area contributed by atoms with Gasteiger partial charge in [0.15, 0.2) is 0 Å². The van der Waals surface area contributed by atoms with Crippen LogP contribution in [0.5, 0.6) is 0 Å². The summed E-state index contributed by atoms with van der Waals surface area (Å²) in [6, 6.07) is 0. The highest BCUT2D eigenvalue weighted by Crippen LogP contribution is 2.24. The van der Waals surface area contributed by atoms with E-state index in [9.17, 15) is 0 Å². The van der Waals surface area contributed by atoms with Crippen molar-refractivity contribution in [3.8, 4) is 0 Å². The van der Waals surface area contributed by atoms with Gasteiger partial charge in [-0.3, -0.25) is 0 Å². The molecule has 0 aliphatic rings. The van der Waals surface area contributed by atoms with Gasteiger partial charge in [0.2, 0.25) is 6.13 Å². The van der Waals surface area contributed by atoms with E-state index in [1.165, 1.54) is 0 Å². The van der Waals surface area contributed by atoms with Crippen LogP contribution in [-0.4, -0.2) is 14.0 Å². The van der Waals surface area contributed by atoms with Crippen molar-refractivity contribution in [2.75, 3.05) is 0 Å². The number of rotatable bonds is 1. The van der Waals surface area contributed by atoms with Crippen LogP contribution < -0.4 is 0 Å². The predicted molar refractivity (Wildman–Crippen MR) is 40.1 cm³/mol. The molecule has 0 aromatic heterocycles. The first-order valence-corrected chi connectivity index (χ1v) is 3.02. The van der Waals surface area contributed by atoms with Crippen LogP contribution >= 0.6 is 11.5 Å². The molecular formula is C4H11B2Cl. The van der Waals surface area contributed by atoms with E-state index in [0.29, 0.717) is 0 Å². The zero-order valence-corrected chi connectivity index (χ0v) is 6.21. The van der Waals surface area contributed by atoms with Gasteiger partial charge < -0.3 is 0 Å². The Kier molecular flexibility index (Phi) is 2.25. The summed E-state index contributed by atoms with van der Waals surface area (Å²) in [5.74, 6) is 0. The lowest BCUT2D eigenvalue weighted by Crippen LogP contribution is -2.18. The Hall–Kier alpha value is 0.420. The molecule has 0 aliphatic heterocycles. The molecule has 0 spiro atoms. The van der Waals surface area contributed by atoms with Gasteiger partial charge in [0, 0.05) is 0 Å². The summed E-state index contributed by atoms with van der Waals surface area (Å²) in [4.78, 5) is 0. The van der Waals surface area contributed by atoms with Gasteiger partial charge in [-0.1, -0.05) is 25.9 Å². The Labute approximate surface area is 52.0 Å². The summed E-state index contributed by atoms with van der Waals surface area (Å²) < 4.78 is 0. The highest BCUT2D eigenvalue weighted by molar-refractivity contribution is 7.10. The van der Waals surface area contributed by atoms with Gasteiger partial charge in [0.1, 0.15) is 7.85 Å². The van der Waals surface area contributed by atoms with Crippen LogP contribution in [0.4, 0.5) is 0 Å². The Morgan fingerprint density at radius 1 is 1.57 bits per heavy atom. The van der Waals surface area contributed by atoms with Gasteiger partial charge in [0.25, 0.3) is 0 Å². The number of hydrogen-bond donors (Lipinski definition) is 0. The van der Waals surface area contributed by atoms with Crippen molar-refractivity contribution in [2.45, 2.75) is 25.9 Å². The summed E-state index contributed by atoms with van der Waals surface area (Å²) in [5.41, 5.74) is 0. The fraction of sp³-hybridized carbons (Fsp3) is 1.00. The predicted octanol–water partition coefficient (Wildman–Crippen LogP) is 1.22. The molecule has 0 nitrogen and oxygen atoms in total. The van der Waals surface area contributed by atoms with Crippen molar-refractivity contribution in [2.24, 2.45) is 0 Å². The smallest absolute Gasteiger partial charge is 0.196 e. The van der Waals surface area contributed by atoms with E-state index >= 15 is 0 Å². The molecule has 0 N–H and O–H groups in total. The maximum Gasteiger partial charge on any atom is 0.245 e. The fourth-order valence-corrected chi connectivity index (χ4v) is 0. The van der Waals surface area contributed by atoms with Crippen LogP contribution in [0, 0.1) is 0 Å². The largest absolute Gasteiger partial charge is 0.245 e. The van der Waals surface area contributed by atoms with Crippen molar-refractivity contribution in [1.82, 2.24) is 0 Å². The Morgan fingerprint density at radius 3 is 1.71 bits per heavy atom. The molecule has 40 valence electrons. The first kappa shape index (κ1) is 7.42. The van der Waals surface area contributed by atoms with E-state index in [-0.39, 0.29) is 11.3 Å². The van der Waals surface area contributed by atoms with Crippen LogP contribution in [0.1, 0.15) is 13.8 Å². The average molecular weight is 116 g/mol. The minimum Gasteiger partial charge on any atom is -0.196 e. The Morgan fingerprint density at radius 2 is 1.71 bits per heavy atom. The second-order valence-electron chi connectivity index (χ2n) is 2.98. The molecular weight excluding hydrogens is 105 g/mol. The molecule has 0 aromatic rings. The van der Waals surface area contributed by atoms with E-state index < -0.39 is 0 Å². The van der Waals surface area contributed by atoms with Gasteiger partial charge in [-0.2, -0.15) is 11.5 Å². The Bertz CT molecular complexity index is 55.2.